The van der Waals surface area contributed by atoms with Gasteiger partial charge in [0.15, 0.2) is 10.2 Å². The maximum atomic E-state index is 5.62. The lowest BCUT2D eigenvalue weighted by atomic mass is 10.2. The van der Waals surface area contributed by atoms with Crippen molar-refractivity contribution >= 4 is 33.3 Å². The molecular formula is C16H17N3OS2. The van der Waals surface area contributed by atoms with Gasteiger partial charge in [0.05, 0.1) is 10.2 Å². The maximum absolute atomic E-state index is 5.62. The zero-order valence-electron chi connectivity index (χ0n) is 12.7. The van der Waals surface area contributed by atoms with E-state index in [4.69, 9.17) is 4.74 Å². The van der Waals surface area contributed by atoms with Crippen LogP contribution in [0.25, 0.3) is 10.2 Å². The summed E-state index contributed by atoms with van der Waals surface area (Å²) < 4.78 is 7.87. The lowest BCUT2D eigenvalue weighted by Gasteiger charge is -2.19. The van der Waals surface area contributed by atoms with Crippen LogP contribution >= 0.6 is 23.1 Å². The highest BCUT2D eigenvalue weighted by Crippen LogP contribution is 2.36. The zero-order chi connectivity index (χ0) is 15.5. The predicted octanol–water partition coefficient (Wildman–Crippen LogP) is 4.26. The second kappa shape index (κ2) is 6.73. The van der Waals surface area contributed by atoms with Gasteiger partial charge in [-0.2, -0.15) is 0 Å². The van der Waals surface area contributed by atoms with E-state index >= 15 is 0 Å². The largest absolute Gasteiger partial charge is 0.372 e. The lowest BCUT2D eigenvalue weighted by molar-refractivity contribution is 0.0971. The molecule has 2 aromatic heterocycles. The fourth-order valence-corrected chi connectivity index (χ4v) is 4.62. The van der Waals surface area contributed by atoms with Gasteiger partial charge in [0.1, 0.15) is 6.10 Å². The summed E-state index contributed by atoms with van der Waals surface area (Å²) in [4.78, 5) is 13.4. The van der Waals surface area contributed by atoms with Crippen LogP contribution < -0.4 is 0 Å². The third-order valence-corrected chi connectivity index (χ3v) is 5.58. The minimum absolute atomic E-state index is 0.155. The van der Waals surface area contributed by atoms with Crippen molar-refractivity contribution in [2.75, 3.05) is 7.11 Å². The van der Waals surface area contributed by atoms with Gasteiger partial charge >= 0.3 is 0 Å². The van der Waals surface area contributed by atoms with Gasteiger partial charge in [-0.15, -0.1) is 11.3 Å². The average Bonchev–Trinajstić information content (AvgIpc) is 2.92. The first-order chi connectivity index (χ1) is 10.7. The Hall–Kier alpha value is -1.50. The summed E-state index contributed by atoms with van der Waals surface area (Å²) in [6, 6.07) is 8.19. The smallest absolute Gasteiger partial charge is 0.158 e. The Labute approximate surface area is 138 Å². The number of hydrogen-bond donors (Lipinski definition) is 0. The third-order valence-electron chi connectivity index (χ3n) is 3.30. The van der Waals surface area contributed by atoms with Crippen LogP contribution in [0.1, 0.15) is 24.4 Å². The van der Waals surface area contributed by atoms with Crippen LogP contribution in [0, 0.1) is 6.92 Å². The van der Waals surface area contributed by atoms with Crippen molar-refractivity contribution < 1.29 is 4.74 Å². The third kappa shape index (κ3) is 3.29. The van der Waals surface area contributed by atoms with E-state index in [0.29, 0.717) is 5.82 Å². The van der Waals surface area contributed by atoms with Crippen LogP contribution in [0.15, 0.2) is 41.0 Å². The molecule has 0 aliphatic rings. The highest BCUT2D eigenvalue weighted by molar-refractivity contribution is 8.01. The number of ether oxygens (including phenoxy) is 1. The van der Waals surface area contributed by atoms with Crippen LogP contribution in [0.5, 0.6) is 0 Å². The van der Waals surface area contributed by atoms with E-state index in [9.17, 15) is 0 Å². The summed E-state index contributed by atoms with van der Waals surface area (Å²) in [6.45, 7) is 4.10. The molecule has 6 heteroatoms. The summed E-state index contributed by atoms with van der Waals surface area (Å²) in [5, 5.41) is 0.174. The molecule has 0 unspecified atom stereocenters. The van der Waals surface area contributed by atoms with Crippen LogP contribution in [-0.2, 0) is 4.74 Å². The number of aryl methyl sites for hydroxylation is 1. The number of methoxy groups -OCH3 is 1. The number of hydrogen-bond acceptors (Lipinski definition) is 6. The van der Waals surface area contributed by atoms with E-state index in [1.165, 1.54) is 4.70 Å². The topological polar surface area (TPSA) is 47.9 Å². The molecule has 4 nitrogen and oxygen atoms in total. The molecule has 3 rings (SSSR count). The highest BCUT2D eigenvalue weighted by Gasteiger charge is 2.23. The molecule has 1 aromatic carbocycles. The Kier molecular flexibility index (Phi) is 4.71. The number of aromatic nitrogens is 3. The van der Waals surface area contributed by atoms with Crippen molar-refractivity contribution in [1.29, 1.82) is 0 Å². The van der Waals surface area contributed by atoms with Crippen molar-refractivity contribution in [2.45, 2.75) is 29.5 Å². The van der Waals surface area contributed by atoms with Gasteiger partial charge in [-0.25, -0.2) is 15.0 Å². The molecule has 0 saturated carbocycles. The van der Waals surface area contributed by atoms with Crippen molar-refractivity contribution in [3.63, 3.8) is 0 Å². The van der Waals surface area contributed by atoms with Crippen LogP contribution in [-0.4, -0.2) is 27.3 Å². The Morgan fingerprint density at radius 3 is 2.59 bits per heavy atom. The number of nitrogens with zero attached hydrogens (tertiary/aromatic N) is 3. The average molecular weight is 331 g/mol. The number of thiazole rings is 1. The molecule has 22 heavy (non-hydrogen) atoms. The van der Waals surface area contributed by atoms with Gasteiger partial charge in [-0.1, -0.05) is 23.9 Å². The Bertz CT molecular complexity index is 724. The number of rotatable bonds is 5. The van der Waals surface area contributed by atoms with E-state index < -0.39 is 0 Å². The van der Waals surface area contributed by atoms with E-state index in [1.54, 1.807) is 30.2 Å². The first kappa shape index (κ1) is 15.4. The fourth-order valence-electron chi connectivity index (χ4n) is 2.18. The number of thioether (sulfide) groups is 1. The quantitative estimate of drug-likeness (QED) is 0.654. The molecule has 0 fully saturated rings. The van der Waals surface area contributed by atoms with Gasteiger partial charge in [0.2, 0.25) is 0 Å². The van der Waals surface area contributed by atoms with E-state index in [-0.39, 0.29) is 11.4 Å². The van der Waals surface area contributed by atoms with Crippen molar-refractivity contribution in [1.82, 2.24) is 15.0 Å². The van der Waals surface area contributed by atoms with Crippen LogP contribution in [0.2, 0.25) is 0 Å². The summed E-state index contributed by atoms with van der Waals surface area (Å²) in [7, 11) is 1.70. The van der Waals surface area contributed by atoms with Crippen LogP contribution in [0.3, 0.4) is 0 Å². The van der Waals surface area contributed by atoms with Crippen LogP contribution in [0.4, 0.5) is 0 Å². The van der Waals surface area contributed by atoms with Gasteiger partial charge < -0.3 is 4.74 Å². The Morgan fingerprint density at radius 1 is 1.18 bits per heavy atom. The minimum Gasteiger partial charge on any atom is -0.372 e. The number of fused-ring (bicyclic) bond motifs is 1. The number of benzene rings is 1. The molecule has 114 valence electrons. The Morgan fingerprint density at radius 2 is 1.91 bits per heavy atom. The summed E-state index contributed by atoms with van der Waals surface area (Å²) >= 11 is 3.41. The first-order valence-corrected chi connectivity index (χ1v) is 8.70. The van der Waals surface area contributed by atoms with E-state index in [1.807, 2.05) is 37.5 Å². The second-order valence-electron chi connectivity index (χ2n) is 5.05. The SMILES string of the molecule is CO[C@H](c1ncc(C)cn1)[C@H](C)Sc1nc2ccccc2s1. The summed E-state index contributed by atoms with van der Waals surface area (Å²) in [6.07, 6.45) is 3.49. The van der Waals surface area contributed by atoms with Crippen molar-refractivity contribution in [3.05, 3.63) is 48.0 Å². The molecule has 3 aromatic rings. The Balaban J connectivity index is 1.79. The molecule has 2 heterocycles. The van der Waals surface area contributed by atoms with Gasteiger partial charge in [0, 0.05) is 24.8 Å². The molecule has 2 atom stereocenters. The van der Waals surface area contributed by atoms with Crippen molar-refractivity contribution in [3.8, 4) is 0 Å². The first-order valence-electron chi connectivity index (χ1n) is 7.01. The predicted molar refractivity (Wildman–Crippen MR) is 91.5 cm³/mol. The standard InChI is InChI=1S/C16H17N3OS2/c1-10-8-17-15(18-9-10)14(20-3)11(2)21-16-19-12-6-4-5-7-13(12)22-16/h4-9,11,14H,1-3H3/t11-,14-/m0/s1. The molecule has 0 saturated heterocycles. The van der Waals surface area contributed by atoms with Gasteiger partial charge in [-0.3, -0.25) is 0 Å². The second-order valence-corrected chi connectivity index (χ2v) is 7.70. The highest BCUT2D eigenvalue weighted by atomic mass is 32.2. The molecule has 0 bridgehead atoms. The molecule has 0 radical (unpaired) electrons. The molecule has 0 aliphatic carbocycles. The van der Waals surface area contributed by atoms with Gasteiger partial charge in [-0.05, 0) is 31.5 Å². The molecular weight excluding hydrogens is 314 g/mol. The lowest BCUT2D eigenvalue weighted by Crippen LogP contribution is -2.17. The monoisotopic (exact) mass is 331 g/mol. The summed E-state index contributed by atoms with van der Waals surface area (Å²) in [5.74, 6) is 0.717. The molecule has 0 spiro atoms. The normalized spacial score (nSPS) is 14.1. The van der Waals surface area contributed by atoms with Gasteiger partial charge in [0.25, 0.3) is 0 Å². The maximum Gasteiger partial charge on any atom is 0.158 e. The molecule has 0 N–H and O–H groups in total. The number of para-hydroxylation sites is 1. The molecule has 0 amide bonds. The zero-order valence-corrected chi connectivity index (χ0v) is 14.3. The van der Waals surface area contributed by atoms with Crippen molar-refractivity contribution in [2.24, 2.45) is 0 Å². The fraction of sp³-hybridized carbons (Fsp3) is 0.312. The molecule has 0 aliphatic heterocycles. The summed E-state index contributed by atoms with van der Waals surface area (Å²) in [5.41, 5.74) is 2.09. The van der Waals surface area contributed by atoms with E-state index in [2.05, 4.69) is 27.9 Å². The minimum atomic E-state index is -0.155. The van der Waals surface area contributed by atoms with E-state index in [0.717, 1.165) is 15.4 Å².